The third kappa shape index (κ3) is 3.82. The molecule has 2 aromatic rings. The molecular formula is C20H20F2N4OS. The van der Waals surface area contributed by atoms with E-state index >= 15 is 0 Å². The molecule has 0 saturated carbocycles. The number of urea groups is 1. The smallest absolute Gasteiger partial charge is 0.322 e. The summed E-state index contributed by atoms with van der Waals surface area (Å²) in [4.78, 5) is 22.9. The molecule has 2 amide bonds. The maximum absolute atomic E-state index is 13.4. The molecular weight excluding hydrogens is 382 g/mol. The molecule has 0 N–H and O–H groups in total. The molecule has 1 aromatic heterocycles. The van der Waals surface area contributed by atoms with Crippen LogP contribution in [-0.2, 0) is 13.1 Å². The fourth-order valence-corrected chi connectivity index (χ4v) is 4.65. The lowest BCUT2D eigenvalue weighted by Gasteiger charge is -2.33. The van der Waals surface area contributed by atoms with Crippen molar-refractivity contribution in [3.05, 3.63) is 76.6 Å². The summed E-state index contributed by atoms with van der Waals surface area (Å²) in [7, 11) is 0. The van der Waals surface area contributed by atoms with E-state index in [4.69, 9.17) is 0 Å². The molecule has 28 heavy (non-hydrogen) atoms. The van der Waals surface area contributed by atoms with E-state index in [0.29, 0.717) is 25.2 Å². The molecule has 0 radical (unpaired) electrons. The predicted molar refractivity (Wildman–Crippen MR) is 104 cm³/mol. The maximum atomic E-state index is 13.4. The van der Waals surface area contributed by atoms with Crippen LogP contribution in [0.5, 0.6) is 0 Å². The predicted octanol–water partition coefficient (Wildman–Crippen LogP) is 3.99. The van der Waals surface area contributed by atoms with Crippen molar-refractivity contribution < 1.29 is 13.6 Å². The van der Waals surface area contributed by atoms with Crippen molar-refractivity contribution in [2.45, 2.75) is 25.5 Å². The molecule has 2 aliphatic heterocycles. The molecule has 4 rings (SSSR count). The van der Waals surface area contributed by atoms with Gasteiger partial charge < -0.3 is 9.80 Å². The van der Waals surface area contributed by atoms with Crippen LogP contribution in [0.25, 0.3) is 0 Å². The summed E-state index contributed by atoms with van der Waals surface area (Å²) in [5, 5.41) is 2.05. The Balaban J connectivity index is 1.46. The van der Waals surface area contributed by atoms with Gasteiger partial charge in [0.25, 0.3) is 0 Å². The van der Waals surface area contributed by atoms with E-state index in [2.05, 4.69) is 9.88 Å². The molecule has 1 atom stereocenters. The number of hydrogen-bond donors (Lipinski definition) is 0. The number of nitrogens with zero attached hydrogens (tertiary/aromatic N) is 4. The maximum Gasteiger partial charge on any atom is 0.322 e. The first-order chi connectivity index (χ1) is 13.5. The number of aromatic nitrogens is 1. The Morgan fingerprint density at radius 2 is 1.93 bits per heavy atom. The van der Waals surface area contributed by atoms with Gasteiger partial charge in [0.15, 0.2) is 5.50 Å². The highest BCUT2D eigenvalue weighted by Gasteiger charge is 2.39. The molecule has 1 aromatic carbocycles. The van der Waals surface area contributed by atoms with Crippen molar-refractivity contribution in [3.63, 3.8) is 0 Å². The molecule has 146 valence electrons. The highest BCUT2D eigenvalue weighted by molar-refractivity contribution is 8.02. The van der Waals surface area contributed by atoms with E-state index in [1.54, 1.807) is 27.8 Å². The van der Waals surface area contributed by atoms with Crippen molar-refractivity contribution in [1.82, 2.24) is 19.7 Å². The first-order valence-electron chi connectivity index (χ1n) is 9.00. The fourth-order valence-electron chi connectivity index (χ4n) is 3.46. The lowest BCUT2D eigenvalue weighted by Crippen LogP contribution is -2.45. The van der Waals surface area contributed by atoms with Crippen molar-refractivity contribution in [1.29, 1.82) is 0 Å². The Morgan fingerprint density at radius 1 is 1.14 bits per heavy atom. The first kappa shape index (κ1) is 18.7. The Hall–Kier alpha value is -2.61. The van der Waals surface area contributed by atoms with E-state index in [1.165, 1.54) is 12.1 Å². The van der Waals surface area contributed by atoms with Gasteiger partial charge in [-0.2, -0.15) is 0 Å². The fraction of sp³-hybridized carbons (Fsp3) is 0.300. The van der Waals surface area contributed by atoms with Crippen molar-refractivity contribution in [2.75, 3.05) is 13.1 Å². The number of allylic oxidation sites excluding steroid dienone is 1. The van der Waals surface area contributed by atoms with Gasteiger partial charge in [-0.15, -0.1) is 0 Å². The van der Waals surface area contributed by atoms with Gasteiger partial charge in [-0.25, -0.2) is 13.6 Å². The van der Waals surface area contributed by atoms with Crippen molar-refractivity contribution >= 4 is 17.8 Å². The molecule has 1 saturated heterocycles. The van der Waals surface area contributed by atoms with Crippen LogP contribution in [0.1, 0.15) is 18.2 Å². The Kier molecular flexibility index (Phi) is 5.21. The number of halogens is 2. The highest BCUT2D eigenvalue weighted by atomic mass is 32.2. The molecule has 1 fully saturated rings. The average molecular weight is 402 g/mol. The Morgan fingerprint density at radius 3 is 2.64 bits per heavy atom. The van der Waals surface area contributed by atoms with Crippen LogP contribution >= 0.6 is 11.8 Å². The Bertz CT molecular complexity index is 888. The minimum atomic E-state index is -0.633. The number of hydrogen-bond acceptors (Lipinski definition) is 4. The second-order valence-electron chi connectivity index (χ2n) is 6.85. The molecule has 0 spiro atoms. The van der Waals surface area contributed by atoms with Gasteiger partial charge in [0.2, 0.25) is 0 Å². The lowest BCUT2D eigenvalue weighted by atomic mass is 10.2. The van der Waals surface area contributed by atoms with E-state index in [-0.39, 0.29) is 18.1 Å². The minimum absolute atomic E-state index is 0.128. The first-order valence-corrected chi connectivity index (χ1v) is 9.95. The zero-order chi connectivity index (χ0) is 19.7. The standard InChI is InChI=1S/C20H20F2N4OS/c1-14-13-28-20(26(14)12-18-4-2-3-5-23-18)25-7-6-24(19(25)27)11-15-8-16(21)10-17(22)9-15/h2-5,8-10,13,20H,6-7,11-12H2,1H3. The number of pyridine rings is 1. The van der Waals surface area contributed by atoms with Gasteiger partial charge in [-0.3, -0.25) is 9.88 Å². The number of rotatable bonds is 5. The van der Waals surface area contributed by atoms with Gasteiger partial charge in [0, 0.05) is 37.6 Å². The second kappa shape index (κ2) is 7.79. The number of carbonyl (C=O) groups excluding carboxylic acids is 1. The molecule has 1 unspecified atom stereocenters. The SMILES string of the molecule is CC1=CSC(N2CCN(Cc3cc(F)cc(F)c3)C2=O)N1Cc1ccccn1. The van der Waals surface area contributed by atoms with Crippen LogP contribution in [0.3, 0.4) is 0 Å². The molecule has 2 aliphatic rings. The molecule has 8 heteroatoms. The molecule has 5 nitrogen and oxygen atoms in total. The number of benzene rings is 1. The van der Waals surface area contributed by atoms with Crippen LogP contribution in [0.4, 0.5) is 13.6 Å². The van der Waals surface area contributed by atoms with E-state index < -0.39 is 11.6 Å². The topological polar surface area (TPSA) is 39.7 Å². The number of thioether (sulfide) groups is 1. The third-order valence-electron chi connectivity index (χ3n) is 4.83. The normalized spacial score (nSPS) is 19.5. The highest BCUT2D eigenvalue weighted by Crippen LogP contribution is 2.36. The summed E-state index contributed by atoms with van der Waals surface area (Å²) in [6.45, 7) is 3.90. The van der Waals surface area contributed by atoms with Gasteiger partial charge in [0.05, 0.1) is 12.2 Å². The van der Waals surface area contributed by atoms with Crippen LogP contribution in [0, 0.1) is 11.6 Å². The quantitative estimate of drug-likeness (QED) is 0.758. The molecule has 0 bridgehead atoms. The summed E-state index contributed by atoms with van der Waals surface area (Å²) in [5.41, 5.74) is 2.32. The van der Waals surface area contributed by atoms with Crippen LogP contribution in [0.15, 0.2) is 53.7 Å². The van der Waals surface area contributed by atoms with Gasteiger partial charge in [0.1, 0.15) is 11.6 Å². The number of carbonyl (C=O) groups is 1. The zero-order valence-corrected chi connectivity index (χ0v) is 16.2. The number of amides is 2. The summed E-state index contributed by atoms with van der Waals surface area (Å²) in [6, 6.07) is 9.02. The Labute approximate surface area is 166 Å². The largest absolute Gasteiger partial charge is 0.340 e. The summed E-state index contributed by atoms with van der Waals surface area (Å²) >= 11 is 1.59. The monoisotopic (exact) mass is 402 g/mol. The van der Waals surface area contributed by atoms with Crippen LogP contribution in [-0.4, -0.2) is 44.3 Å². The van der Waals surface area contributed by atoms with Gasteiger partial charge in [-0.1, -0.05) is 17.8 Å². The molecule has 3 heterocycles. The molecule has 0 aliphatic carbocycles. The average Bonchev–Trinajstić information content (AvgIpc) is 3.18. The zero-order valence-electron chi connectivity index (χ0n) is 15.4. The van der Waals surface area contributed by atoms with E-state index in [1.807, 2.05) is 30.5 Å². The summed E-state index contributed by atoms with van der Waals surface area (Å²) < 4.78 is 26.9. The third-order valence-corrected chi connectivity index (χ3v) is 6.06. The van der Waals surface area contributed by atoms with Gasteiger partial charge in [-0.05, 0) is 42.2 Å². The van der Waals surface area contributed by atoms with E-state index in [9.17, 15) is 13.6 Å². The lowest BCUT2D eigenvalue weighted by molar-refractivity contribution is 0.148. The second-order valence-corrected chi connectivity index (χ2v) is 7.78. The van der Waals surface area contributed by atoms with Gasteiger partial charge >= 0.3 is 6.03 Å². The van der Waals surface area contributed by atoms with E-state index in [0.717, 1.165) is 17.5 Å². The summed E-state index contributed by atoms with van der Waals surface area (Å²) in [5.74, 6) is -1.27. The van der Waals surface area contributed by atoms with Crippen LogP contribution in [0.2, 0.25) is 0 Å². The van der Waals surface area contributed by atoms with Crippen molar-refractivity contribution in [3.8, 4) is 0 Å². The van der Waals surface area contributed by atoms with Crippen LogP contribution < -0.4 is 0 Å². The summed E-state index contributed by atoms with van der Waals surface area (Å²) in [6.07, 6.45) is 1.76. The minimum Gasteiger partial charge on any atom is -0.340 e. The van der Waals surface area contributed by atoms with Crippen molar-refractivity contribution in [2.24, 2.45) is 0 Å².